The zero-order valence-corrected chi connectivity index (χ0v) is 12.7. The molecule has 22 heavy (non-hydrogen) atoms. The third kappa shape index (κ3) is 2.82. The molecule has 1 saturated heterocycles. The predicted molar refractivity (Wildman–Crippen MR) is 86.4 cm³/mol. The molecule has 0 bridgehead atoms. The second kappa shape index (κ2) is 6.02. The molecule has 2 aliphatic rings. The van der Waals surface area contributed by atoms with Crippen molar-refractivity contribution in [2.75, 3.05) is 31.6 Å². The van der Waals surface area contributed by atoms with Gasteiger partial charge in [-0.25, -0.2) is 15.0 Å². The standard InChI is InChI=1S/C17H21N5/c1-2-5-15-13-16(12-14(15)4-1)21-8-10-22(11-9-21)20-17-18-6-3-7-19-17/h1-7,16H,8-13H2,(H,18,19,20). The van der Waals surface area contributed by atoms with Crippen LogP contribution in [0, 0.1) is 0 Å². The van der Waals surface area contributed by atoms with Crippen molar-refractivity contribution < 1.29 is 0 Å². The first-order valence-electron chi connectivity index (χ1n) is 7.98. The van der Waals surface area contributed by atoms with Crippen molar-refractivity contribution in [3.8, 4) is 0 Å². The van der Waals surface area contributed by atoms with Crippen LogP contribution in [0.25, 0.3) is 0 Å². The average Bonchev–Trinajstić information content (AvgIpc) is 3.00. The summed E-state index contributed by atoms with van der Waals surface area (Å²) < 4.78 is 0. The maximum absolute atomic E-state index is 4.22. The molecular formula is C17H21N5. The molecule has 0 atom stereocenters. The smallest absolute Gasteiger partial charge is 0.237 e. The monoisotopic (exact) mass is 295 g/mol. The molecule has 0 amide bonds. The number of hydrogen-bond donors (Lipinski definition) is 1. The summed E-state index contributed by atoms with van der Waals surface area (Å²) in [5, 5.41) is 2.22. The van der Waals surface area contributed by atoms with Gasteiger partial charge >= 0.3 is 0 Å². The fourth-order valence-corrected chi connectivity index (χ4v) is 3.49. The van der Waals surface area contributed by atoms with Gasteiger partial charge in [-0.15, -0.1) is 0 Å². The summed E-state index contributed by atoms with van der Waals surface area (Å²) in [6, 6.07) is 11.4. The first kappa shape index (κ1) is 13.7. The Kier molecular flexibility index (Phi) is 3.74. The molecule has 1 aromatic heterocycles. The normalized spacial score (nSPS) is 20.0. The predicted octanol–water partition coefficient (Wildman–Crippen LogP) is 1.59. The Bertz CT molecular complexity index is 597. The summed E-state index contributed by atoms with van der Waals surface area (Å²) in [5.74, 6) is 0.684. The Morgan fingerprint density at radius 2 is 1.50 bits per heavy atom. The Labute approximate surface area is 131 Å². The summed E-state index contributed by atoms with van der Waals surface area (Å²) in [6.45, 7) is 4.20. The molecule has 4 rings (SSSR count). The quantitative estimate of drug-likeness (QED) is 0.931. The molecule has 1 fully saturated rings. The number of nitrogens with zero attached hydrogens (tertiary/aromatic N) is 4. The van der Waals surface area contributed by atoms with Crippen molar-refractivity contribution in [2.45, 2.75) is 18.9 Å². The number of anilines is 1. The van der Waals surface area contributed by atoms with Crippen LogP contribution in [0.3, 0.4) is 0 Å². The van der Waals surface area contributed by atoms with Gasteiger partial charge in [-0.05, 0) is 30.0 Å². The molecule has 2 aromatic rings. The summed E-state index contributed by atoms with van der Waals surface area (Å²) in [5.41, 5.74) is 6.36. The number of hydrazine groups is 1. The van der Waals surface area contributed by atoms with Gasteiger partial charge in [0.15, 0.2) is 0 Å². The van der Waals surface area contributed by atoms with Crippen LogP contribution in [0.1, 0.15) is 11.1 Å². The summed E-state index contributed by atoms with van der Waals surface area (Å²) >= 11 is 0. The molecule has 114 valence electrons. The number of hydrogen-bond acceptors (Lipinski definition) is 5. The van der Waals surface area contributed by atoms with Gasteiger partial charge in [0.1, 0.15) is 0 Å². The van der Waals surface area contributed by atoms with Crippen LogP contribution in [0.4, 0.5) is 5.95 Å². The molecule has 1 N–H and O–H groups in total. The highest BCUT2D eigenvalue weighted by atomic mass is 15.6. The van der Waals surface area contributed by atoms with E-state index in [1.165, 1.54) is 24.0 Å². The van der Waals surface area contributed by atoms with Crippen LogP contribution in [-0.2, 0) is 12.8 Å². The van der Waals surface area contributed by atoms with Crippen molar-refractivity contribution in [3.05, 3.63) is 53.9 Å². The third-order valence-electron chi connectivity index (χ3n) is 4.68. The van der Waals surface area contributed by atoms with Gasteiger partial charge in [-0.1, -0.05) is 24.3 Å². The highest BCUT2D eigenvalue weighted by molar-refractivity contribution is 5.33. The lowest BCUT2D eigenvalue weighted by molar-refractivity contribution is 0.114. The lowest BCUT2D eigenvalue weighted by Crippen LogP contribution is -2.52. The Balaban J connectivity index is 1.32. The number of benzene rings is 1. The van der Waals surface area contributed by atoms with Crippen molar-refractivity contribution in [1.29, 1.82) is 0 Å². The number of nitrogens with one attached hydrogen (secondary N) is 1. The van der Waals surface area contributed by atoms with E-state index in [-0.39, 0.29) is 0 Å². The Morgan fingerprint density at radius 3 is 2.14 bits per heavy atom. The van der Waals surface area contributed by atoms with E-state index in [9.17, 15) is 0 Å². The molecule has 0 saturated carbocycles. The minimum Gasteiger partial charge on any atom is -0.297 e. The topological polar surface area (TPSA) is 44.3 Å². The van der Waals surface area contributed by atoms with Crippen LogP contribution >= 0.6 is 0 Å². The van der Waals surface area contributed by atoms with E-state index >= 15 is 0 Å². The van der Waals surface area contributed by atoms with Crippen LogP contribution in [0.2, 0.25) is 0 Å². The molecule has 5 heteroatoms. The fraction of sp³-hybridized carbons (Fsp3) is 0.412. The zero-order chi connectivity index (χ0) is 14.8. The number of fused-ring (bicyclic) bond motifs is 1. The first-order chi connectivity index (χ1) is 10.9. The zero-order valence-electron chi connectivity index (χ0n) is 12.7. The Morgan fingerprint density at radius 1 is 0.864 bits per heavy atom. The molecule has 0 unspecified atom stereocenters. The lowest BCUT2D eigenvalue weighted by atomic mass is 10.1. The van der Waals surface area contributed by atoms with E-state index in [1.807, 2.05) is 6.07 Å². The number of aromatic nitrogens is 2. The van der Waals surface area contributed by atoms with Crippen LogP contribution in [0.15, 0.2) is 42.7 Å². The van der Waals surface area contributed by atoms with Crippen molar-refractivity contribution in [3.63, 3.8) is 0 Å². The maximum atomic E-state index is 4.22. The second-order valence-electron chi connectivity index (χ2n) is 6.04. The van der Waals surface area contributed by atoms with E-state index in [2.05, 4.69) is 49.6 Å². The molecule has 0 spiro atoms. The van der Waals surface area contributed by atoms with E-state index in [0.717, 1.165) is 26.2 Å². The minimum atomic E-state index is 0.674. The van der Waals surface area contributed by atoms with Crippen molar-refractivity contribution in [2.24, 2.45) is 0 Å². The fourth-order valence-electron chi connectivity index (χ4n) is 3.49. The summed E-state index contributed by atoms with van der Waals surface area (Å²) in [7, 11) is 0. The van der Waals surface area contributed by atoms with Crippen molar-refractivity contribution in [1.82, 2.24) is 19.9 Å². The third-order valence-corrected chi connectivity index (χ3v) is 4.68. The van der Waals surface area contributed by atoms with Gasteiger partial charge in [0.05, 0.1) is 0 Å². The molecule has 5 nitrogen and oxygen atoms in total. The van der Waals surface area contributed by atoms with Gasteiger partial charge < -0.3 is 0 Å². The lowest BCUT2D eigenvalue weighted by Gasteiger charge is -2.37. The maximum Gasteiger partial charge on any atom is 0.237 e. The van der Waals surface area contributed by atoms with Crippen LogP contribution in [-0.4, -0.2) is 52.1 Å². The molecule has 1 aliphatic carbocycles. The molecule has 0 radical (unpaired) electrons. The van der Waals surface area contributed by atoms with Gasteiger partial charge in [0, 0.05) is 44.6 Å². The van der Waals surface area contributed by atoms with Gasteiger partial charge in [0.25, 0.3) is 0 Å². The summed E-state index contributed by atoms with van der Waals surface area (Å²) in [6.07, 6.45) is 5.93. The second-order valence-corrected chi connectivity index (χ2v) is 6.04. The average molecular weight is 295 g/mol. The van der Waals surface area contributed by atoms with E-state index in [1.54, 1.807) is 12.4 Å². The van der Waals surface area contributed by atoms with Gasteiger partial charge in [0.2, 0.25) is 5.95 Å². The number of piperazine rings is 1. The van der Waals surface area contributed by atoms with Crippen molar-refractivity contribution >= 4 is 5.95 Å². The molecule has 2 heterocycles. The Hall–Kier alpha value is -1.98. The molecule has 1 aromatic carbocycles. The molecular weight excluding hydrogens is 274 g/mol. The highest BCUT2D eigenvalue weighted by Gasteiger charge is 2.29. The largest absolute Gasteiger partial charge is 0.297 e. The summed E-state index contributed by atoms with van der Waals surface area (Å²) in [4.78, 5) is 11.1. The van der Waals surface area contributed by atoms with Crippen LogP contribution < -0.4 is 5.43 Å². The van der Waals surface area contributed by atoms with E-state index in [4.69, 9.17) is 0 Å². The van der Waals surface area contributed by atoms with E-state index < -0.39 is 0 Å². The molecule has 1 aliphatic heterocycles. The van der Waals surface area contributed by atoms with E-state index in [0.29, 0.717) is 12.0 Å². The SMILES string of the molecule is c1cnc(NN2CCN(C3Cc4ccccc4C3)CC2)nc1. The first-order valence-corrected chi connectivity index (χ1v) is 7.98. The highest BCUT2D eigenvalue weighted by Crippen LogP contribution is 2.26. The van der Waals surface area contributed by atoms with Gasteiger partial charge in [-0.3, -0.25) is 10.3 Å². The number of rotatable bonds is 3. The minimum absolute atomic E-state index is 0.674. The van der Waals surface area contributed by atoms with Crippen LogP contribution in [0.5, 0.6) is 0 Å². The van der Waals surface area contributed by atoms with Gasteiger partial charge in [-0.2, -0.15) is 0 Å².